The third kappa shape index (κ3) is 4.16. The molecule has 6 nitrogen and oxygen atoms in total. The number of amides is 2. The Hall–Kier alpha value is -3.68. The van der Waals surface area contributed by atoms with Crippen molar-refractivity contribution < 1.29 is 13.7 Å². The quantitative estimate of drug-likeness (QED) is 0.335. The normalized spacial score (nSPS) is 16.1. The number of hydrogen-bond acceptors (Lipinski definition) is 4. The summed E-state index contributed by atoms with van der Waals surface area (Å²) in [6, 6.07) is 19.1. The van der Waals surface area contributed by atoms with Crippen LogP contribution in [0.25, 0.3) is 17.0 Å². The first-order valence-corrected chi connectivity index (χ1v) is 11.1. The molecule has 3 aromatic carbocycles. The lowest BCUT2D eigenvalue weighted by Crippen LogP contribution is -2.46. The van der Waals surface area contributed by atoms with E-state index in [1.165, 1.54) is 17.0 Å². The number of carbonyl (C=O) groups excluding carboxylic acids is 1. The number of benzene rings is 3. The van der Waals surface area contributed by atoms with Crippen molar-refractivity contribution in [1.82, 2.24) is 15.5 Å². The smallest absolute Gasteiger partial charge is 0.326 e. The van der Waals surface area contributed by atoms with Gasteiger partial charge >= 0.3 is 6.03 Å². The molecule has 4 aromatic rings. The summed E-state index contributed by atoms with van der Waals surface area (Å²) in [4.78, 5) is 19.2. The maximum Gasteiger partial charge on any atom is 0.326 e. The molecule has 5 rings (SSSR count). The number of anilines is 1. The predicted molar refractivity (Wildman–Crippen MR) is 129 cm³/mol. The number of allylic oxidation sites excluding steroid dienone is 1. The minimum Gasteiger partial charge on any atom is -0.334 e. The van der Waals surface area contributed by atoms with Gasteiger partial charge in [0, 0.05) is 21.3 Å². The number of carbonyl (C=O) groups is 1. The van der Waals surface area contributed by atoms with E-state index in [4.69, 9.17) is 27.7 Å². The van der Waals surface area contributed by atoms with E-state index in [2.05, 4.69) is 15.5 Å². The Bertz CT molecular complexity index is 1440. The summed E-state index contributed by atoms with van der Waals surface area (Å²) in [6.45, 7) is 1.79. The molecular formula is C25H17Cl2FN4O2. The minimum atomic E-state index is -0.609. The van der Waals surface area contributed by atoms with E-state index in [0.717, 1.165) is 5.56 Å². The Morgan fingerprint density at radius 3 is 2.47 bits per heavy atom. The van der Waals surface area contributed by atoms with Crippen molar-refractivity contribution in [1.29, 1.82) is 0 Å². The molecular weight excluding hydrogens is 478 g/mol. The van der Waals surface area contributed by atoms with Gasteiger partial charge in [0.25, 0.3) is 5.89 Å². The first-order valence-electron chi connectivity index (χ1n) is 10.3. The molecule has 170 valence electrons. The molecule has 1 atom stereocenters. The Labute approximate surface area is 204 Å². The average Bonchev–Trinajstić information content (AvgIpc) is 3.28. The summed E-state index contributed by atoms with van der Waals surface area (Å²) >= 11 is 12.4. The van der Waals surface area contributed by atoms with E-state index >= 15 is 0 Å². The highest BCUT2D eigenvalue weighted by Gasteiger charge is 2.36. The van der Waals surface area contributed by atoms with Crippen LogP contribution < -0.4 is 10.2 Å². The predicted octanol–water partition coefficient (Wildman–Crippen LogP) is 6.88. The van der Waals surface area contributed by atoms with E-state index in [1.54, 1.807) is 61.5 Å². The SMILES string of the molecule is CC1=C(c2nc(-c3cccc(F)c3)no2)C(c2cccc(Cl)c2)NC(=O)N1c1cccc(Cl)c1. The Kier molecular flexibility index (Phi) is 5.81. The highest BCUT2D eigenvalue weighted by atomic mass is 35.5. The molecule has 1 N–H and O–H groups in total. The zero-order chi connectivity index (χ0) is 23.8. The molecule has 1 aliphatic heterocycles. The zero-order valence-corrected chi connectivity index (χ0v) is 19.3. The fourth-order valence-corrected chi connectivity index (χ4v) is 4.34. The van der Waals surface area contributed by atoms with Gasteiger partial charge in [0.15, 0.2) is 0 Å². The van der Waals surface area contributed by atoms with Crippen molar-refractivity contribution in [2.75, 3.05) is 4.90 Å². The minimum absolute atomic E-state index is 0.189. The molecule has 2 heterocycles. The molecule has 0 bridgehead atoms. The van der Waals surface area contributed by atoms with E-state index in [1.807, 2.05) is 6.07 Å². The maximum absolute atomic E-state index is 13.7. The van der Waals surface area contributed by atoms with Crippen molar-refractivity contribution >= 4 is 40.5 Å². The van der Waals surface area contributed by atoms with Crippen LogP contribution in [-0.4, -0.2) is 16.2 Å². The zero-order valence-electron chi connectivity index (χ0n) is 17.8. The first-order chi connectivity index (χ1) is 16.4. The van der Waals surface area contributed by atoms with Crippen molar-refractivity contribution in [3.8, 4) is 11.4 Å². The van der Waals surface area contributed by atoms with Crippen molar-refractivity contribution in [2.24, 2.45) is 0 Å². The van der Waals surface area contributed by atoms with E-state index in [0.29, 0.717) is 32.6 Å². The number of nitrogens with one attached hydrogen (secondary N) is 1. The lowest BCUT2D eigenvalue weighted by molar-refractivity contribution is 0.244. The molecule has 1 unspecified atom stereocenters. The highest BCUT2D eigenvalue weighted by Crippen LogP contribution is 2.40. The van der Waals surface area contributed by atoms with Gasteiger partial charge in [-0.25, -0.2) is 9.18 Å². The molecule has 0 saturated carbocycles. The fraction of sp³-hybridized carbons (Fsp3) is 0.0800. The maximum atomic E-state index is 13.7. The largest absolute Gasteiger partial charge is 0.334 e. The van der Waals surface area contributed by atoms with Crippen LogP contribution in [0.15, 0.2) is 83.0 Å². The Morgan fingerprint density at radius 2 is 1.74 bits per heavy atom. The van der Waals surface area contributed by atoms with Crippen molar-refractivity contribution in [2.45, 2.75) is 13.0 Å². The molecule has 9 heteroatoms. The van der Waals surface area contributed by atoms with Gasteiger partial charge in [-0.3, -0.25) is 4.90 Å². The van der Waals surface area contributed by atoms with Crippen LogP contribution in [0.5, 0.6) is 0 Å². The standard InChI is InChI=1S/C25H17Cl2FN4O2/c1-14-21(24-30-23(31-34-24)16-6-3-9-19(28)12-16)22(15-5-2-7-17(26)11-15)29-25(33)32(14)20-10-4-8-18(27)13-20/h2-13,22H,1H3,(H,29,33). The van der Waals surface area contributed by atoms with Crippen LogP contribution in [0.2, 0.25) is 10.0 Å². The molecule has 1 aromatic heterocycles. The van der Waals surface area contributed by atoms with Crippen LogP contribution in [-0.2, 0) is 0 Å². The number of hydrogen-bond donors (Lipinski definition) is 1. The van der Waals surface area contributed by atoms with Gasteiger partial charge in [-0.2, -0.15) is 4.98 Å². The summed E-state index contributed by atoms with van der Waals surface area (Å²) in [7, 11) is 0. The summed E-state index contributed by atoms with van der Waals surface area (Å²) in [5.74, 6) is 0.00715. The van der Waals surface area contributed by atoms with Crippen LogP contribution in [0.3, 0.4) is 0 Å². The van der Waals surface area contributed by atoms with Crippen LogP contribution >= 0.6 is 23.2 Å². The van der Waals surface area contributed by atoms with Crippen molar-refractivity contribution in [3.63, 3.8) is 0 Å². The van der Waals surface area contributed by atoms with Crippen molar-refractivity contribution in [3.05, 3.63) is 106 Å². The van der Waals surface area contributed by atoms with Gasteiger partial charge in [-0.1, -0.05) is 58.7 Å². The molecule has 0 radical (unpaired) electrons. The number of rotatable bonds is 4. The second-order valence-electron chi connectivity index (χ2n) is 7.69. The molecule has 0 saturated heterocycles. The second kappa shape index (κ2) is 8.93. The van der Waals surface area contributed by atoms with Gasteiger partial charge in [0.2, 0.25) is 5.82 Å². The van der Waals surface area contributed by atoms with E-state index in [-0.39, 0.29) is 17.7 Å². The van der Waals surface area contributed by atoms with Gasteiger partial charge in [0.1, 0.15) is 5.82 Å². The summed E-state index contributed by atoms with van der Waals surface area (Å²) in [6.07, 6.45) is 0. The summed E-state index contributed by atoms with van der Waals surface area (Å²) < 4.78 is 19.4. The van der Waals surface area contributed by atoms with Crippen LogP contribution in [0.1, 0.15) is 24.4 Å². The number of aromatic nitrogens is 2. The Balaban J connectivity index is 1.67. The third-order valence-corrected chi connectivity index (χ3v) is 5.94. The van der Waals surface area contributed by atoms with Gasteiger partial charge in [-0.05, 0) is 55.0 Å². The third-order valence-electron chi connectivity index (χ3n) is 5.47. The lowest BCUT2D eigenvalue weighted by atomic mass is 9.94. The number of nitrogens with zero attached hydrogens (tertiary/aromatic N) is 3. The summed E-state index contributed by atoms with van der Waals surface area (Å²) in [5.41, 5.74) is 2.95. The average molecular weight is 495 g/mol. The fourth-order valence-electron chi connectivity index (χ4n) is 3.96. The molecule has 34 heavy (non-hydrogen) atoms. The van der Waals surface area contributed by atoms with Gasteiger partial charge < -0.3 is 9.84 Å². The highest BCUT2D eigenvalue weighted by molar-refractivity contribution is 6.31. The van der Waals surface area contributed by atoms with E-state index < -0.39 is 11.9 Å². The molecule has 1 aliphatic rings. The van der Waals surface area contributed by atoms with Gasteiger partial charge in [-0.15, -0.1) is 0 Å². The summed E-state index contributed by atoms with van der Waals surface area (Å²) in [5, 5.41) is 8.06. The molecule has 0 aliphatic carbocycles. The molecule has 2 amide bonds. The number of halogens is 3. The lowest BCUT2D eigenvalue weighted by Gasteiger charge is -2.35. The monoisotopic (exact) mass is 494 g/mol. The Morgan fingerprint density at radius 1 is 1.00 bits per heavy atom. The topological polar surface area (TPSA) is 71.3 Å². The van der Waals surface area contributed by atoms with Crippen LogP contribution in [0, 0.1) is 5.82 Å². The second-order valence-corrected chi connectivity index (χ2v) is 8.56. The molecule has 0 spiro atoms. The van der Waals surface area contributed by atoms with Gasteiger partial charge in [0.05, 0.1) is 17.3 Å². The van der Waals surface area contributed by atoms with Crippen LogP contribution in [0.4, 0.5) is 14.9 Å². The molecule has 0 fully saturated rings. The first kappa shape index (κ1) is 22.1. The number of urea groups is 1. The van der Waals surface area contributed by atoms with E-state index in [9.17, 15) is 9.18 Å².